The Morgan fingerprint density at radius 2 is 1.96 bits per heavy atom. The van der Waals surface area contributed by atoms with Gasteiger partial charge in [-0.25, -0.2) is 8.42 Å². The van der Waals surface area contributed by atoms with Crippen molar-refractivity contribution in [3.05, 3.63) is 57.1 Å². The molecule has 134 valence electrons. The maximum atomic E-state index is 11.8. The van der Waals surface area contributed by atoms with Crippen LogP contribution in [0.15, 0.2) is 51.8 Å². The number of hydrogen-bond donors (Lipinski definition) is 1. The molecule has 9 heteroatoms. The Labute approximate surface area is 154 Å². The summed E-state index contributed by atoms with van der Waals surface area (Å²) in [6.45, 7) is 2.25. The van der Waals surface area contributed by atoms with Gasteiger partial charge in [-0.2, -0.15) is 0 Å². The molecule has 25 heavy (non-hydrogen) atoms. The Morgan fingerprint density at radius 1 is 1.28 bits per heavy atom. The van der Waals surface area contributed by atoms with E-state index >= 15 is 0 Å². The first kappa shape index (κ1) is 19.2. The highest BCUT2D eigenvalue weighted by Crippen LogP contribution is 2.27. The molecule has 0 aliphatic rings. The second kappa shape index (κ2) is 7.83. The van der Waals surface area contributed by atoms with E-state index in [9.17, 15) is 18.5 Å². The monoisotopic (exact) mass is 428 g/mol. The highest BCUT2D eigenvalue weighted by molar-refractivity contribution is 9.10. The van der Waals surface area contributed by atoms with Crippen LogP contribution < -0.4 is 10.1 Å². The SMILES string of the molecule is CC(CNc1ccc([N+](=O)[O-])c(S(C)(=O)=O)c1)Oc1ccccc1Br. The van der Waals surface area contributed by atoms with Crippen molar-refractivity contribution < 1.29 is 18.1 Å². The maximum Gasteiger partial charge on any atom is 0.288 e. The third-order valence-corrected chi connectivity index (χ3v) is 5.10. The minimum absolute atomic E-state index is 0.212. The molecule has 0 amide bonds. The second-order valence-electron chi connectivity index (χ2n) is 5.45. The van der Waals surface area contributed by atoms with Crippen LogP contribution in [-0.2, 0) is 9.84 Å². The molecule has 1 unspecified atom stereocenters. The van der Waals surface area contributed by atoms with Gasteiger partial charge in [0, 0.05) is 18.0 Å². The molecule has 0 heterocycles. The quantitative estimate of drug-likeness (QED) is 0.533. The van der Waals surface area contributed by atoms with E-state index in [1.165, 1.54) is 18.2 Å². The second-order valence-corrected chi connectivity index (χ2v) is 8.29. The zero-order chi connectivity index (χ0) is 18.6. The smallest absolute Gasteiger partial charge is 0.288 e. The first-order valence-electron chi connectivity index (χ1n) is 7.32. The number of para-hydroxylation sites is 1. The molecule has 0 aliphatic carbocycles. The molecule has 0 fully saturated rings. The van der Waals surface area contributed by atoms with E-state index < -0.39 is 20.4 Å². The molecule has 0 saturated heterocycles. The van der Waals surface area contributed by atoms with Crippen molar-refractivity contribution in [3.63, 3.8) is 0 Å². The summed E-state index contributed by atoms with van der Waals surface area (Å²) in [5.74, 6) is 0.692. The molecule has 2 aromatic carbocycles. The van der Waals surface area contributed by atoms with Crippen LogP contribution in [0.1, 0.15) is 6.92 Å². The Balaban J connectivity index is 2.10. The van der Waals surface area contributed by atoms with Gasteiger partial charge in [-0.15, -0.1) is 0 Å². The fourth-order valence-corrected chi connectivity index (χ4v) is 3.37. The zero-order valence-corrected chi connectivity index (χ0v) is 16.0. The van der Waals surface area contributed by atoms with Crippen molar-refractivity contribution >= 4 is 37.1 Å². The number of nitrogens with one attached hydrogen (secondary N) is 1. The van der Waals surface area contributed by atoms with Gasteiger partial charge in [-0.1, -0.05) is 12.1 Å². The predicted octanol–water partition coefficient (Wildman–Crippen LogP) is 3.64. The number of nitrogens with zero attached hydrogens (tertiary/aromatic N) is 1. The molecule has 2 aromatic rings. The lowest BCUT2D eigenvalue weighted by Gasteiger charge is -2.17. The fourth-order valence-electron chi connectivity index (χ4n) is 2.13. The standard InChI is InChI=1S/C16H17BrN2O5S/c1-11(24-15-6-4-3-5-13(15)17)10-18-12-7-8-14(19(20)21)16(9-12)25(2,22)23/h3-9,11,18H,10H2,1-2H3. The van der Waals surface area contributed by atoms with Crippen LogP contribution in [0, 0.1) is 10.1 Å². The normalized spacial score (nSPS) is 12.4. The summed E-state index contributed by atoms with van der Waals surface area (Å²) in [4.78, 5) is 9.95. The molecule has 1 atom stereocenters. The van der Waals surface area contributed by atoms with Crippen molar-refractivity contribution in [1.82, 2.24) is 0 Å². The van der Waals surface area contributed by atoms with Crippen molar-refractivity contribution in [2.24, 2.45) is 0 Å². The van der Waals surface area contributed by atoms with Gasteiger partial charge in [0.15, 0.2) is 9.84 Å². The largest absolute Gasteiger partial charge is 0.488 e. The number of hydrogen-bond acceptors (Lipinski definition) is 6. The minimum atomic E-state index is -3.71. The van der Waals surface area contributed by atoms with E-state index in [2.05, 4.69) is 21.2 Å². The van der Waals surface area contributed by atoms with Crippen molar-refractivity contribution in [2.75, 3.05) is 18.1 Å². The van der Waals surface area contributed by atoms with Crippen molar-refractivity contribution in [2.45, 2.75) is 17.9 Å². The number of ether oxygens (including phenoxy) is 1. The van der Waals surface area contributed by atoms with E-state index in [0.717, 1.165) is 10.7 Å². The number of rotatable bonds is 7. The highest BCUT2D eigenvalue weighted by Gasteiger charge is 2.22. The van der Waals surface area contributed by atoms with Crippen LogP contribution >= 0.6 is 15.9 Å². The topological polar surface area (TPSA) is 98.5 Å². The molecule has 1 N–H and O–H groups in total. The highest BCUT2D eigenvalue weighted by atomic mass is 79.9. The van der Waals surface area contributed by atoms with E-state index in [-0.39, 0.29) is 11.0 Å². The molecule has 0 bridgehead atoms. The number of halogens is 1. The van der Waals surface area contributed by atoms with Crippen LogP contribution in [0.2, 0.25) is 0 Å². The van der Waals surface area contributed by atoms with Crippen LogP contribution in [0.3, 0.4) is 0 Å². The molecular formula is C16H17BrN2O5S. The third kappa shape index (κ3) is 5.17. The lowest BCUT2D eigenvalue weighted by atomic mass is 10.2. The van der Waals surface area contributed by atoms with Gasteiger partial charge >= 0.3 is 0 Å². The Kier molecular flexibility index (Phi) is 6.02. The summed E-state index contributed by atoms with van der Waals surface area (Å²) < 4.78 is 30.2. The van der Waals surface area contributed by atoms with Crippen LogP contribution in [0.25, 0.3) is 0 Å². The van der Waals surface area contributed by atoms with Crippen LogP contribution in [0.5, 0.6) is 5.75 Å². The number of sulfone groups is 1. The molecule has 2 rings (SSSR count). The van der Waals surface area contributed by atoms with E-state index in [1.54, 1.807) is 0 Å². The van der Waals surface area contributed by atoms with Gasteiger partial charge in [0.25, 0.3) is 5.69 Å². The number of nitro groups is 1. The first-order chi connectivity index (χ1) is 11.7. The van der Waals surface area contributed by atoms with Gasteiger partial charge in [0.1, 0.15) is 16.7 Å². The number of nitro benzene ring substituents is 1. The van der Waals surface area contributed by atoms with Crippen LogP contribution in [0.4, 0.5) is 11.4 Å². The molecule has 0 aromatic heterocycles. The summed E-state index contributed by atoms with van der Waals surface area (Å²) in [7, 11) is -3.71. The molecule has 0 saturated carbocycles. The third-order valence-electron chi connectivity index (χ3n) is 3.31. The fraction of sp³-hybridized carbons (Fsp3) is 0.250. The number of anilines is 1. The van der Waals surface area contributed by atoms with E-state index in [0.29, 0.717) is 18.0 Å². The van der Waals surface area contributed by atoms with Gasteiger partial charge in [0.2, 0.25) is 0 Å². The van der Waals surface area contributed by atoms with Gasteiger partial charge in [0.05, 0.1) is 15.9 Å². The van der Waals surface area contributed by atoms with Gasteiger partial charge < -0.3 is 10.1 Å². The first-order valence-corrected chi connectivity index (χ1v) is 10.0. The lowest BCUT2D eigenvalue weighted by molar-refractivity contribution is -0.387. The van der Waals surface area contributed by atoms with Crippen molar-refractivity contribution in [3.8, 4) is 5.75 Å². The molecular weight excluding hydrogens is 412 g/mol. The van der Waals surface area contributed by atoms with Crippen LogP contribution in [-0.4, -0.2) is 32.2 Å². The molecule has 0 spiro atoms. The zero-order valence-electron chi connectivity index (χ0n) is 13.6. The van der Waals surface area contributed by atoms with E-state index in [4.69, 9.17) is 4.74 Å². The molecule has 7 nitrogen and oxygen atoms in total. The Morgan fingerprint density at radius 3 is 2.56 bits per heavy atom. The average molecular weight is 429 g/mol. The maximum absolute atomic E-state index is 11.8. The minimum Gasteiger partial charge on any atom is -0.488 e. The Hall–Kier alpha value is -2.13. The predicted molar refractivity (Wildman–Crippen MR) is 98.9 cm³/mol. The summed E-state index contributed by atoms with van der Waals surface area (Å²) in [6.07, 6.45) is 0.730. The summed E-state index contributed by atoms with van der Waals surface area (Å²) in [6, 6.07) is 11.3. The molecule has 0 aliphatic heterocycles. The number of benzene rings is 2. The summed E-state index contributed by atoms with van der Waals surface area (Å²) in [5.41, 5.74) is 0.0270. The molecule has 0 radical (unpaired) electrons. The average Bonchev–Trinajstić information content (AvgIpc) is 2.54. The lowest BCUT2D eigenvalue weighted by Crippen LogP contribution is -2.23. The van der Waals surface area contributed by atoms with Crippen molar-refractivity contribution in [1.29, 1.82) is 0 Å². The summed E-state index contributed by atoms with van der Waals surface area (Å²) in [5, 5.41) is 14.0. The van der Waals surface area contributed by atoms with Gasteiger partial charge in [-0.3, -0.25) is 10.1 Å². The Bertz CT molecular complexity index is 886. The van der Waals surface area contributed by atoms with E-state index in [1.807, 2.05) is 31.2 Å². The summed E-state index contributed by atoms with van der Waals surface area (Å²) >= 11 is 3.40. The van der Waals surface area contributed by atoms with Gasteiger partial charge in [-0.05, 0) is 47.1 Å².